The van der Waals surface area contributed by atoms with Crippen LogP contribution in [-0.2, 0) is 11.3 Å². The number of nitrogens with one attached hydrogen (secondary N) is 1. The van der Waals surface area contributed by atoms with E-state index in [0.717, 1.165) is 15.8 Å². The second kappa shape index (κ2) is 7.89. The van der Waals surface area contributed by atoms with Gasteiger partial charge >= 0.3 is 5.97 Å². The molecule has 2 aromatic heterocycles. The van der Waals surface area contributed by atoms with Gasteiger partial charge in [-0.15, -0.1) is 11.3 Å². The zero-order valence-electron chi connectivity index (χ0n) is 15.5. The van der Waals surface area contributed by atoms with Crippen LogP contribution in [0.2, 0.25) is 0 Å². The van der Waals surface area contributed by atoms with Gasteiger partial charge in [-0.3, -0.25) is 4.79 Å². The number of rotatable bonds is 5. The Morgan fingerprint density at radius 1 is 1.10 bits per heavy atom. The number of methoxy groups -OCH3 is 1. The minimum atomic E-state index is -0.524. The van der Waals surface area contributed by atoms with Gasteiger partial charge in [-0.2, -0.15) is 0 Å². The van der Waals surface area contributed by atoms with Crippen molar-refractivity contribution in [3.05, 3.63) is 88.7 Å². The van der Waals surface area contributed by atoms with Crippen LogP contribution < -0.4 is 5.32 Å². The van der Waals surface area contributed by atoms with Crippen molar-refractivity contribution in [3.8, 4) is 0 Å². The molecule has 0 aliphatic carbocycles. The van der Waals surface area contributed by atoms with Gasteiger partial charge in [-0.1, -0.05) is 24.3 Å². The van der Waals surface area contributed by atoms with E-state index in [0.29, 0.717) is 17.9 Å². The molecule has 0 saturated heterocycles. The Kier molecular flexibility index (Phi) is 5.14. The molecular weight excluding hydrogens is 391 g/mol. The van der Waals surface area contributed by atoms with Crippen molar-refractivity contribution in [2.45, 2.75) is 6.54 Å². The molecule has 0 atom stereocenters. The Balaban J connectivity index is 1.69. The number of para-hydroxylation sites is 1. The monoisotopic (exact) mass is 408 g/mol. The first-order chi connectivity index (χ1) is 14.1. The molecule has 0 spiro atoms. The molecule has 4 aromatic rings. The lowest BCUT2D eigenvalue weighted by Crippen LogP contribution is -2.19. The molecule has 2 heterocycles. The van der Waals surface area contributed by atoms with Gasteiger partial charge in [0.05, 0.1) is 28.6 Å². The summed E-state index contributed by atoms with van der Waals surface area (Å²) in [7, 11) is 1.29. The standard InChI is InChI=1S/C22H17FN2O3S/c1-28-22(27)16-4-2-3-5-17(16)24-21(26)19-12-20-18(10-11-29-20)25(19)13-14-6-8-15(23)9-7-14/h2-12H,13H2,1H3,(H,24,26). The Labute approximate surface area is 170 Å². The third-order valence-corrected chi connectivity index (χ3v) is 5.44. The smallest absolute Gasteiger partial charge is 0.339 e. The number of benzene rings is 2. The number of nitrogens with zero attached hydrogens (tertiary/aromatic N) is 1. The molecule has 146 valence electrons. The summed E-state index contributed by atoms with van der Waals surface area (Å²) in [4.78, 5) is 25.1. The van der Waals surface area contributed by atoms with E-state index in [4.69, 9.17) is 4.74 Å². The van der Waals surface area contributed by atoms with Crippen LogP contribution in [0.4, 0.5) is 10.1 Å². The van der Waals surface area contributed by atoms with Gasteiger partial charge in [0.25, 0.3) is 5.91 Å². The minimum Gasteiger partial charge on any atom is -0.465 e. The first-order valence-corrected chi connectivity index (χ1v) is 9.74. The molecule has 4 rings (SSSR count). The van der Waals surface area contributed by atoms with Crippen molar-refractivity contribution in [3.63, 3.8) is 0 Å². The highest BCUT2D eigenvalue weighted by atomic mass is 32.1. The van der Waals surface area contributed by atoms with E-state index in [1.807, 2.05) is 22.1 Å². The number of hydrogen-bond donors (Lipinski definition) is 1. The minimum absolute atomic E-state index is 0.279. The van der Waals surface area contributed by atoms with Gasteiger partial charge in [-0.25, -0.2) is 9.18 Å². The van der Waals surface area contributed by atoms with Gasteiger partial charge in [-0.05, 0) is 47.3 Å². The number of anilines is 1. The number of ether oxygens (including phenoxy) is 1. The molecule has 5 nitrogen and oxygen atoms in total. The predicted octanol–water partition coefficient (Wildman–Crippen LogP) is 4.93. The fourth-order valence-electron chi connectivity index (χ4n) is 3.17. The van der Waals surface area contributed by atoms with Gasteiger partial charge in [0.2, 0.25) is 0 Å². The molecule has 0 bridgehead atoms. The molecule has 1 amide bonds. The van der Waals surface area contributed by atoms with Gasteiger partial charge in [0.1, 0.15) is 11.5 Å². The molecule has 0 unspecified atom stereocenters. The summed E-state index contributed by atoms with van der Waals surface area (Å²) >= 11 is 1.54. The maximum atomic E-state index is 13.2. The molecule has 0 saturated carbocycles. The van der Waals surface area contributed by atoms with Crippen molar-refractivity contribution in [1.82, 2.24) is 4.57 Å². The highest BCUT2D eigenvalue weighted by Crippen LogP contribution is 2.27. The largest absolute Gasteiger partial charge is 0.465 e. The average molecular weight is 408 g/mol. The van der Waals surface area contributed by atoms with Crippen LogP contribution in [0.3, 0.4) is 0 Å². The summed E-state index contributed by atoms with van der Waals surface area (Å²) in [5.41, 5.74) is 2.91. The number of hydrogen-bond acceptors (Lipinski definition) is 4. The lowest BCUT2D eigenvalue weighted by atomic mass is 10.1. The first kappa shape index (κ1) is 18.9. The molecule has 7 heteroatoms. The number of carbonyl (C=O) groups excluding carboxylic acids is 2. The first-order valence-electron chi connectivity index (χ1n) is 8.86. The van der Waals surface area contributed by atoms with Crippen LogP contribution >= 0.6 is 11.3 Å². The topological polar surface area (TPSA) is 60.3 Å². The van der Waals surface area contributed by atoms with Crippen molar-refractivity contribution in [2.75, 3.05) is 12.4 Å². The Hall–Kier alpha value is -3.45. The van der Waals surface area contributed by atoms with E-state index in [9.17, 15) is 14.0 Å². The van der Waals surface area contributed by atoms with E-state index in [1.54, 1.807) is 36.4 Å². The number of carbonyl (C=O) groups is 2. The Bertz CT molecular complexity index is 1190. The quantitative estimate of drug-likeness (QED) is 0.477. The number of amides is 1. The normalized spacial score (nSPS) is 10.8. The van der Waals surface area contributed by atoms with E-state index < -0.39 is 5.97 Å². The van der Waals surface area contributed by atoms with Crippen LogP contribution in [0.25, 0.3) is 10.2 Å². The second-order valence-corrected chi connectivity index (χ2v) is 7.35. The molecule has 29 heavy (non-hydrogen) atoms. The number of fused-ring (bicyclic) bond motifs is 1. The highest BCUT2D eigenvalue weighted by Gasteiger charge is 2.19. The summed E-state index contributed by atoms with van der Waals surface area (Å²) in [5.74, 6) is -1.17. The molecular formula is C22H17FN2O3S. The lowest BCUT2D eigenvalue weighted by molar-refractivity contribution is 0.0602. The van der Waals surface area contributed by atoms with E-state index in [2.05, 4.69) is 5.32 Å². The van der Waals surface area contributed by atoms with E-state index in [-0.39, 0.29) is 17.3 Å². The van der Waals surface area contributed by atoms with Crippen LogP contribution in [0.5, 0.6) is 0 Å². The Morgan fingerprint density at radius 2 is 1.86 bits per heavy atom. The number of thiophene rings is 1. The average Bonchev–Trinajstić information content (AvgIpc) is 3.32. The van der Waals surface area contributed by atoms with Crippen LogP contribution in [0.15, 0.2) is 66.0 Å². The third-order valence-electron chi connectivity index (χ3n) is 4.59. The molecule has 0 fully saturated rings. The van der Waals surface area contributed by atoms with Gasteiger partial charge < -0.3 is 14.6 Å². The zero-order chi connectivity index (χ0) is 20.4. The lowest BCUT2D eigenvalue weighted by Gasteiger charge is -2.13. The SMILES string of the molecule is COC(=O)c1ccccc1NC(=O)c1cc2sccc2n1Cc1ccc(F)cc1. The third kappa shape index (κ3) is 3.77. The number of halogens is 1. The fourth-order valence-corrected chi connectivity index (χ4v) is 4.00. The molecule has 0 aliphatic heterocycles. The maximum absolute atomic E-state index is 13.2. The van der Waals surface area contributed by atoms with Gasteiger partial charge in [0, 0.05) is 6.54 Å². The highest BCUT2D eigenvalue weighted by molar-refractivity contribution is 7.17. The Morgan fingerprint density at radius 3 is 2.62 bits per heavy atom. The molecule has 2 aromatic carbocycles. The number of esters is 1. The summed E-state index contributed by atoms with van der Waals surface area (Å²) in [5, 5.41) is 4.77. The second-order valence-electron chi connectivity index (χ2n) is 6.40. The summed E-state index contributed by atoms with van der Waals surface area (Å²) in [6.07, 6.45) is 0. The van der Waals surface area contributed by atoms with E-state index in [1.165, 1.54) is 30.6 Å². The molecule has 0 aliphatic rings. The molecule has 0 radical (unpaired) electrons. The predicted molar refractivity (Wildman–Crippen MR) is 111 cm³/mol. The van der Waals surface area contributed by atoms with Crippen LogP contribution in [-0.4, -0.2) is 23.6 Å². The van der Waals surface area contributed by atoms with Crippen molar-refractivity contribution < 1.29 is 18.7 Å². The van der Waals surface area contributed by atoms with Crippen LogP contribution in [0, 0.1) is 5.82 Å². The maximum Gasteiger partial charge on any atom is 0.339 e. The zero-order valence-corrected chi connectivity index (χ0v) is 16.3. The van der Waals surface area contributed by atoms with Crippen molar-refractivity contribution >= 4 is 39.1 Å². The summed E-state index contributed by atoms with van der Waals surface area (Å²) in [6.45, 7) is 0.419. The van der Waals surface area contributed by atoms with Crippen molar-refractivity contribution in [1.29, 1.82) is 0 Å². The van der Waals surface area contributed by atoms with Crippen LogP contribution in [0.1, 0.15) is 26.4 Å². The summed E-state index contributed by atoms with van der Waals surface area (Å²) < 4.78 is 20.9. The van der Waals surface area contributed by atoms with E-state index >= 15 is 0 Å². The van der Waals surface area contributed by atoms with Crippen molar-refractivity contribution in [2.24, 2.45) is 0 Å². The summed E-state index contributed by atoms with van der Waals surface area (Å²) in [6, 6.07) is 16.6. The van der Waals surface area contributed by atoms with Gasteiger partial charge in [0.15, 0.2) is 0 Å². The number of aromatic nitrogens is 1. The molecule has 1 N–H and O–H groups in total. The fraction of sp³-hybridized carbons (Fsp3) is 0.0909.